The van der Waals surface area contributed by atoms with Crippen LogP contribution in [0.15, 0.2) is 24.4 Å². The van der Waals surface area contributed by atoms with Crippen molar-refractivity contribution in [2.75, 3.05) is 7.11 Å². The number of nitrogens with zero attached hydrogens (tertiary/aromatic N) is 1. The molecular formula is C12H16N2O3. The molecule has 92 valence electrons. The molecule has 1 heterocycles. The standard InChI is InChI=1S/C12H16N2O3/c1-8(2)10(12(16)17-3)14-11(15)9-6-4-5-7-13-9/h4-8,10H,1-3H3,(H,14,15)/t10-/m1/s1. The average molecular weight is 236 g/mol. The zero-order valence-electron chi connectivity index (χ0n) is 10.1. The van der Waals surface area contributed by atoms with Crippen LogP contribution >= 0.6 is 0 Å². The summed E-state index contributed by atoms with van der Waals surface area (Å²) in [5.74, 6) is -0.880. The van der Waals surface area contributed by atoms with Gasteiger partial charge < -0.3 is 10.1 Å². The van der Waals surface area contributed by atoms with Gasteiger partial charge in [-0.15, -0.1) is 0 Å². The van der Waals surface area contributed by atoms with Gasteiger partial charge in [0.15, 0.2) is 0 Å². The van der Waals surface area contributed by atoms with Crippen LogP contribution in [0, 0.1) is 5.92 Å². The van der Waals surface area contributed by atoms with E-state index < -0.39 is 12.0 Å². The second-order valence-corrected chi connectivity index (χ2v) is 3.93. The van der Waals surface area contributed by atoms with Crippen molar-refractivity contribution in [3.63, 3.8) is 0 Å². The fraction of sp³-hybridized carbons (Fsp3) is 0.417. The molecule has 5 heteroatoms. The Balaban J connectivity index is 2.75. The molecule has 5 nitrogen and oxygen atoms in total. The molecule has 1 amide bonds. The predicted octanol–water partition coefficient (Wildman–Crippen LogP) is 1.01. The van der Waals surface area contributed by atoms with E-state index in [-0.39, 0.29) is 17.5 Å². The van der Waals surface area contributed by atoms with Gasteiger partial charge in [0.05, 0.1) is 7.11 Å². The highest BCUT2D eigenvalue weighted by Crippen LogP contribution is 2.05. The lowest BCUT2D eigenvalue weighted by atomic mass is 10.0. The maximum Gasteiger partial charge on any atom is 0.328 e. The van der Waals surface area contributed by atoms with Crippen molar-refractivity contribution in [3.8, 4) is 0 Å². The Morgan fingerprint density at radius 3 is 2.53 bits per heavy atom. The van der Waals surface area contributed by atoms with Crippen molar-refractivity contribution in [2.24, 2.45) is 5.92 Å². The van der Waals surface area contributed by atoms with Gasteiger partial charge in [0.2, 0.25) is 0 Å². The average Bonchev–Trinajstić information content (AvgIpc) is 2.35. The molecule has 0 fully saturated rings. The molecule has 1 aromatic rings. The van der Waals surface area contributed by atoms with E-state index in [1.807, 2.05) is 13.8 Å². The number of aromatic nitrogens is 1. The number of hydrogen-bond donors (Lipinski definition) is 1. The van der Waals surface area contributed by atoms with Crippen LogP contribution in [0.1, 0.15) is 24.3 Å². The van der Waals surface area contributed by atoms with Crippen molar-refractivity contribution in [2.45, 2.75) is 19.9 Å². The molecule has 17 heavy (non-hydrogen) atoms. The Bertz CT molecular complexity index is 390. The Hall–Kier alpha value is -1.91. The zero-order chi connectivity index (χ0) is 12.8. The Labute approximate surface area is 100 Å². The summed E-state index contributed by atoms with van der Waals surface area (Å²) >= 11 is 0. The number of ether oxygens (including phenoxy) is 1. The van der Waals surface area contributed by atoms with Gasteiger partial charge in [0.1, 0.15) is 11.7 Å². The number of hydrogen-bond acceptors (Lipinski definition) is 4. The molecule has 0 aromatic carbocycles. The first-order valence-corrected chi connectivity index (χ1v) is 5.36. The summed E-state index contributed by atoms with van der Waals surface area (Å²) in [5, 5.41) is 2.61. The fourth-order valence-electron chi connectivity index (χ4n) is 1.34. The summed E-state index contributed by atoms with van der Waals surface area (Å²) in [6, 6.07) is 4.36. The van der Waals surface area contributed by atoms with Gasteiger partial charge in [0, 0.05) is 6.20 Å². The summed E-state index contributed by atoms with van der Waals surface area (Å²) in [7, 11) is 1.30. The second-order valence-electron chi connectivity index (χ2n) is 3.93. The van der Waals surface area contributed by atoms with Crippen LogP contribution < -0.4 is 5.32 Å². The molecule has 0 unspecified atom stereocenters. The van der Waals surface area contributed by atoms with E-state index in [0.29, 0.717) is 0 Å². The topological polar surface area (TPSA) is 68.3 Å². The Kier molecular flexibility index (Phi) is 4.63. The van der Waals surface area contributed by atoms with Crippen molar-refractivity contribution in [3.05, 3.63) is 30.1 Å². The van der Waals surface area contributed by atoms with Crippen LogP contribution in [0.25, 0.3) is 0 Å². The number of methoxy groups -OCH3 is 1. The van der Waals surface area contributed by atoms with Crippen LogP contribution in [0.5, 0.6) is 0 Å². The quantitative estimate of drug-likeness (QED) is 0.792. The zero-order valence-corrected chi connectivity index (χ0v) is 10.1. The number of amides is 1. The minimum Gasteiger partial charge on any atom is -0.467 e. The third-order valence-electron chi connectivity index (χ3n) is 2.31. The van der Waals surface area contributed by atoms with E-state index in [1.54, 1.807) is 18.2 Å². The Morgan fingerprint density at radius 2 is 2.06 bits per heavy atom. The maximum absolute atomic E-state index is 11.8. The lowest BCUT2D eigenvalue weighted by Gasteiger charge is -2.19. The summed E-state index contributed by atoms with van der Waals surface area (Å²) in [5.41, 5.74) is 0.280. The third kappa shape index (κ3) is 3.55. The molecule has 0 radical (unpaired) electrons. The van der Waals surface area contributed by atoms with Crippen LogP contribution in [-0.2, 0) is 9.53 Å². The van der Waals surface area contributed by atoms with Crippen LogP contribution in [0.2, 0.25) is 0 Å². The number of pyridine rings is 1. The normalized spacial score (nSPS) is 12.0. The molecule has 1 aromatic heterocycles. The number of nitrogens with one attached hydrogen (secondary N) is 1. The van der Waals surface area contributed by atoms with Gasteiger partial charge in [-0.05, 0) is 18.1 Å². The lowest BCUT2D eigenvalue weighted by Crippen LogP contribution is -2.45. The van der Waals surface area contributed by atoms with Gasteiger partial charge in [-0.3, -0.25) is 9.78 Å². The molecule has 1 N–H and O–H groups in total. The fourth-order valence-corrected chi connectivity index (χ4v) is 1.34. The second kappa shape index (κ2) is 5.98. The van der Waals surface area contributed by atoms with Gasteiger partial charge in [-0.25, -0.2) is 4.79 Å². The highest BCUT2D eigenvalue weighted by Gasteiger charge is 2.25. The molecule has 1 rings (SSSR count). The summed E-state index contributed by atoms with van der Waals surface area (Å²) < 4.78 is 4.64. The first-order valence-electron chi connectivity index (χ1n) is 5.36. The summed E-state index contributed by atoms with van der Waals surface area (Å²) in [6.07, 6.45) is 1.53. The molecule has 0 saturated heterocycles. The van der Waals surface area contributed by atoms with Crippen molar-refractivity contribution in [1.82, 2.24) is 10.3 Å². The van der Waals surface area contributed by atoms with Crippen LogP contribution in [0.3, 0.4) is 0 Å². The van der Waals surface area contributed by atoms with Crippen molar-refractivity contribution < 1.29 is 14.3 Å². The number of carbonyl (C=O) groups excluding carboxylic acids is 2. The lowest BCUT2D eigenvalue weighted by molar-refractivity contribution is -0.144. The monoisotopic (exact) mass is 236 g/mol. The minimum atomic E-state index is -0.658. The van der Waals surface area contributed by atoms with Crippen LogP contribution in [-0.4, -0.2) is 30.0 Å². The van der Waals surface area contributed by atoms with Gasteiger partial charge in [0.25, 0.3) is 5.91 Å². The van der Waals surface area contributed by atoms with Crippen molar-refractivity contribution >= 4 is 11.9 Å². The summed E-state index contributed by atoms with van der Waals surface area (Å²) in [4.78, 5) is 27.2. The predicted molar refractivity (Wildman–Crippen MR) is 62.3 cm³/mol. The smallest absolute Gasteiger partial charge is 0.328 e. The molecule has 0 aliphatic heterocycles. The largest absolute Gasteiger partial charge is 0.467 e. The molecule has 1 atom stereocenters. The van der Waals surface area contributed by atoms with E-state index in [2.05, 4.69) is 15.0 Å². The molecule has 0 spiro atoms. The minimum absolute atomic E-state index is 0.0462. The molecule has 0 aliphatic carbocycles. The Morgan fingerprint density at radius 1 is 1.35 bits per heavy atom. The number of rotatable bonds is 4. The van der Waals surface area contributed by atoms with E-state index >= 15 is 0 Å². The van der Waals surface area contributed by atoms with Crippen LogP contribution in [0.4, 0.5) is 0 Å². The molecule has 0 bridgehead atoms. The van der Waals surface area contributed by atoms with Crippen molar-refractivity contribution in [1.29, 1.82) is 0 Å². The van der Waals surface area contributed by atoms with E-state index in [0.717, 1.165) is 0 Å². The van der Waals surface area contributed by atoms with E-state index in [4.69, 9.17) is 0 Å². The first kappa shape index (κ1) is 13.2. The highest BCUT2D eigenvalue weighted by atomic mass is 16.5. The van der Waals surface area contributed by atoms with E-state index in [9.17, 15) is 9.59 Å². The van der Waals surface area contributed by atoms with Gasteiger partial charge in [-0.2, -0.15) is 0 Å². The van der Waals surface area contributed by atoms with E-state index in [1.165, 1.54) is 13.3 Å². The molecule has 0 saturated carbocycles. The number of esters is 1. The first-order chi connectivity index (χ1) is 8.06. The number of carbonyl (C=O) groups is 2. The highest BCUT2D eigenvalue weighted by molar-refractivity contribution is 5.95. The van der Waals surface area contributed by atoms with Gasteiger partial charge >= 0.3 is 5.97 Å². The van der Waals surface area contributed by atoms with Gasteiger partial charge in [-0.1, -0.05) is 19.9 Å². The SMILES string of the molecule is COC(=O)[C@H](NC(=O)c1ccccn1)C(C)C. The summed E-state index contributed by atoms with van der Waals surface area (Å²) in [6.45, 7) is 3.67. The molecular weight excluding hydrogens is 220 g/mol. The third-order valence-corrected chi connectivity index (χ3v) is 2.31. The maximum atomic E-state index is 11.8. The molecule has 0 aliphatic rings.